The molecule has 2 atom stereocenters. The molecule has 1 aliphatic heterocycles. The zero-order valence-corrected chi connectivity index (χ0v) is 18.3. The Kier molecular flexibility index (Phi) is 4.17. The number of nitrogens with zero attached hydrogens (tertiary/aromatic N) is 3. The van der Waals surface area contributed by atoms with Crippen molar-refractivity contribution in [2.24, 2.45) is 16.1 Å². The summed E-state index contributed by atoms with van der Waals surface area (Å²) in [7, 11) is 1.78. The second-order valence-electron chi connectivity index (χ2n) is 9.25. The monoisotopic (exact) mass is 438 g/mol. The Bertz CT molecular complexity index is 1380. The second-order valence-corrected chi connectivity index (χ2v) is 9.25. The summed E-state index contributed by atoms with van der Waals surface area (Å²) in [6, 6.07) is 19.3. The molecule has 0 bridgehead atoms. The third-order valence-corrected chi connectivity index (χ3v) is 7.49. The van der Waals surface area contributed by atoms with Crippen LogP contribution in [0, 0.1) is 17.8 Å². The molecule has 0 fully saturated rings. The number of fused-ring (bicyclic) bond motifs is 4. The van der Waals surface area contributed by atoms with Crippen molar-refractivity contribution in [3.63, 3.8) is 0 Å². The smallest absolute Gasteiger partial charge is 0.221 e. The van der Waals surface area contributed by atoms with Crippen molar-refractivity contribution < 1.29 is 9.23 Å². The molecular formula is C27H23FN4O. The Hall–Kier alpha value is -3.69. The van der Waals surface area contributed by atoms with E-state index in [0.29, 0.717) is 24.5 Å². The molecule has 6 rings (SSSR count). The highest BCUT2D eigenvalue weighted by Gasteiger charge is 2.63. The number of hydroxylamine groups is 2. The van der Waals surface area contributed by atoms with E-state index in [0.717, 1.165) is 40.7 Å². The Balaban J connectivity index is 1.51. The Morgan fingerprint density at radius 1 is 1.06 bits per heavy atom. The molecule has 3 aliphatic rings. The molecule has 0 radical (unpaired) electrons. The van der Waals surface area contributed by atoms with E-state index in [1.165, 1.54) is 11.6 Å². The molecule has 2 aliphatic carbocycles. The highest BCUT2D eigenvalue weighted by Crippen LogP contribution is 2.61. The lowest BCUT2D eigenvalue weighted by atomic mass is 9.65. The van der Waals surface area contributed by atoms with Gasteiger partial charge in [0.25, 0.3) is 0 Å². The maximum Gasteiger partial charge on any atom is 0.221 e. The van der Waals surface area contributed by atoms with E-state index >= 15 is 0 Å². The van der Waals surface area contributed by atoms with Crippen LogP contribution in [0.15, 0.2) is 65.7 Å². The van der Waals surface area contributed by atoms with Crippen LogP contribution in [0.1, 0.15) is 28.7 Å². The maximum atomic E-state index is 14.5. The predicted molar refractivity (Wildman–Crippen MR) is 125 cm³/mol. The SMILES string of the molecule is [C-]#[N+]c1cccc(-c2ccc3c(c2)C2(N=C(N)N(C)O2)C2(CCc4c(F)cccc4C2)C3)c1. The molecule has 5 nitrogen and oxygen atoms in total. The first-order valence-electron chi connectivity index (χ1n) is 11.1. The molecule has 3 aromatic rings. The highest BCUT2D eigenvalue weighted by molar-refractivity contribution is 5.79. The van der Waals surface area contributed by atoms with E-state index < -0.39 is 5.72 Å². The molecule has 2 unspecified atom stereocenters. The summed E-state index contributed by atoms with van der Waals surface area (Å²) in [5.74, 6) is 0.203. The van der Waals surface area contributed by atoms with Crippen molar-refractivity contribution in [2.45, 2.75) is 31.4 Å². The van der Waals surface area contributed by atoms with E-state index in [-0.39, 0.29) is 11.2 Å². The van der Waals surface area contributed by atoms with E-state index in [4.69, 9.17) is 22.1 Å². The van der Waals surface area contributed by atoms with Gasteiger partial charge in [-0.05, 0) is 71.7 Å². The topological polar surface area (TPSA) is 55.2 Å². The van der Waals surface area contributed by atoms with Crippen molar-refractivity contribution in [1.82, 2.24) is 5.06 Å². The van der Waals surface area contributed by atoms with Crippen LogP contribution in [0.4, 0.5) is 10.1 Å². The molecule has 164 valence electrons. The van der Waals surface area contributed by atoms with Crippen LogP contribution in [-0.4, -0.2) is 18.1 Å². The molecule has 0 amide bonds. The lowest BCUT2D eigenvalue weighted by molar-refractivity contribution is -0.224. The summed E-state index contributed by atoms with van der Waals surface area (Å²) < 4.78 is 14.5. The van der Waals surface area contributed by atoms with Gasteiger partial charge < -0.3 is 5.73 Å². The van der Waals surface area contributed by atoms with Crippen LogP contribution in [-0.2, 0) is 29.8 Å². The Labute approximate surface area is 192 Å². The van der Waals surface area contributed by atoms with Gasteiger partial charge in [-0.25, -0.2) is 24.1 Å². The Morgan fingerprint density at radius 3 is 2.64 bits per heavy atom. The first-order valence-corrected chi connectivity index (χ1v) is 11.1. The minimum atomic E-state index is -0.960. The summed E-state index contributed by atoms with van der Waals surface area (Å²) in [6.07, 6.45) is 2.84. The average Bonchev–Trinajstić information content (AvgIpc) is 3.26. The van der Waals surface area contributed by atoms with E-state index in [2.05, 4.69) is 23.0 Å². The van der Waals surface area contributed by atoms with Crippen LogP contribution in [0.25, 0.3) is 16.0 Å². The van der Waals surface area contributed by atoms with Gasteiger partial charge in [-0.15, -0.1) is 0 Å². The largest absolute Gasteiger partial charge is 0.368 e. The summed E-state index contributed by atoms with van der Waals surface area (Å²) >= 11 is 0. The Morgan fingerprint density at radius 2 is 1.85 bits per heavy atom. The van der Waals surface area contributed by atoms with Gasteiger partial charge in [-0.3, -0.25) is 0 Å². The van der Waals surface area contributed by atoms with Gasteiger partial charge in [-0.2, -0.15) is 0 Å². The molecule has 33 heavy (non-hydrogen) atoms. The van der Waals surface area contributed by atoms with Gasteiger partial charge in [0.15, 0.2) is 5.69 Å². The fourth-order valence-corrected chi connectivity index (χ4v) is 5.88. The van der Waals surface area contributed by atoms with Crippen molar-refractivity contribution in [2.75, 3.05) is 7.05 Å². The number of guanidine groups is 1. The number of hydrogen-bond acceptors (Lipinski definition) is 4. The third kappa shape index (κ3) is 2.76. The number of nitrogens with two attached hydrogens (primary N) is 1. The maximum absolute atomic E-state index is 14.5. The summed E-state index contributed by atoms with van der Waals surface area (Å²) in [5.41, 5.74) is 11.5. The molecule has 6 heteroatoms. The van der Waals surface area contributed by atoms with E-state index in [9.17, 15) is 4.39 Å². The third-order valence-electron chi connectivity index (χ3n) is 7.49. The quantitative estimate of drug-likeness (QED) is 0.537. The number of aliphatic imine (C=N–C) groups is 1. The van der Waals surface area contributed by atoms with Crippen LogP contribution in [0.3, 0.4) is 0 Å². The summed E-state index contributed by atoms with van der Waals surface area (Å²) in [6.45, 7) is 7.35. The van der Waals surface area contributed by atoms with Gasteiger partial charge >= 0.3 is 0 Å². The highest BCUT2D eigenvalue weighted by atomic mass is 19.1. The van der Waals surface area contributed by atoms with Gasteiger partial charge in [0.05, 0.1) is 6.57 Å². The zero-order valence-electron chi connectivity index (χ0n) is 18.3. The summed E-state index contributed by atoms with van der Waals surface area (Å²) in [5, 5.41) is 1.55. The van der Waals surface area contributed by atoms with E-state index in [1.807, 2.05) is 24.3 Å². The lowest BCUT2D eigenvalue weighted by Crippen LogP contribution is -2.47. The first-order chi connectivity index (χ1) is 15.9. The predicted octanol–water partition coefficient (Wildman–Crippen LogP) is 5.12. The fraction of sp³-hybridized carbons (Fsp3) is 0.259. The molecular weight excluding hydrogens is 415 g/mol. The van der Waals surface area contributed by atoms with Crippen LogP contribution >= 0.6 is 0 Å². The fourth-order valence-electron chi connectivity index (χ4n) is 5.88. The normalized spacial score (nSPS) is 25.1. The van der Waals surface area contributed by atoms with Crippen molar-refractivity contribution in [3.05, 3.63) is 100 Å². The molecule has 0 aromatic heterocycles. The van der Waals surface area contributed by atoms with Crippen molar-refractivity contribution in [1.29, 1.82) is 0 Å². The number of benzene rings is 3. The zero-order chi connectivity index (χ0) is 22.8. The van der Waals surface area contributed by atoms with Crippen LogP contribution in [0.2, 0.25) is 0 Å². The van der Waals surface area contributed by atoms with Crippen molar-refractivity contribution in [3.8, 4) is 11.1 Å². The molecule has 2 spiro atoms. The molecule has 2 N–H and O–H groups in total. The van der Waals surface area contributed by atoms with Gasteiger partial charge in [0.2, 0.25) is 11.7 Å². The second kappa shape index (κ2) is 6.90. The molecule has 0 saturated heterocycles. The number of rotatable bonds is 1. The van der Waals surface area contributed by atoms with Gasteiger partial charge in [-0.1, -0.05) is 42.5 Å². The van der Waals surface area contributed by atoms with Crippen LogP contribution < -0.4 is 5.73 Å². The average molecular weight is 439 g/mol. The van der Waals surface area contributed by atoms with E-state index in [1.54, 1.807) is 24.2 Å². The number of halogens is 1. The first kappa shape index (κ1) is 20.0. The summed E-state index contributed by atoms with van der Waals surface area (Å²) in [4.78, 5) is 15.0. The van der Waals surface area contributed by atoms with Gasteiger partial charge in [0, 0.05) is 18.0 Å². The minimum Gasteiger partial charge on any atom is -0.368 e. The minimum absolute atomic E-state index is 0.138. The molecule has 1 heterocycles. The lowest BCUT2D eigenvalue weighted by Gasteiger charge is -2.44. The van der Waals surface area contributed by atoms with Crippen molar-refractivity contribution >= 4 is 11.6 Å². The number of hydrogen-bond donors (Lipinski definition) is 1. The standard InChI is InChI=1S/C27H23FN4O/c1-30-21-7-3-5-17(13-21)18-9-10-20-16-26(12-11-22-19(15-26)6-4-8-24(22)28)27(23(20)14-18)31-25(29)32(2)33-27/h3-10,13-14H,11-12,15-16H2,2H3,(H2,29,31). The molecule has 0 saturated carbocycles. The van der Waals surface area contributed by atoms with Gasteiger partial charge in [0.1, 0.15) is 5.82 Å². The van der Waals surface area contributed by atoms with Crippen LogP contribution in [0.5, 0.6) is 0 Å². The molecule has 3 aromatic carbocycles.